The molecule has 0 atom stereocenters. The highest BCUT2D eigenvalue weighted by atomic mass is 127. The number of halogens is 2. The standard InChI is InChI=1S/C9H9FINO/c10-8-3-1-7(2-4-8)9(13)12-6-5-11/h1-4H,5-6H2,(H,12,13). The summed E-state index contributed by atoms with van der Waals surface area (Å²) in [5, 5.41) is 2.70. The van der Waals surface area contributed by atoms with Gasteiger partial charge in [-0.1, -0.05) is 22.6 Å². The lowest BCUT2D eigenvalue weighted by Crippen LogP contribution is -2.24. The smallest absolute Gasteiger partial charge is 0.251 e. The van der Waals surface area contributed by atoms with Gasteiger partial charge in [0.25, 0.3) is 5.91 Å². The first-order chi connectivity index (χ1) is 6.24. The Morgan fingerprint density at radius 2 is 2.00 bits per heavy atom. The molecule has 0 fully saturated rings. The second-order valence-corrected chi connectivity index (χ2v) is 3.53. The summed E-state index contributed by atoms with van der Waals surface area (Å²) in [5.41, 5.74) is 0.492. The predicted molar refractivity (Wildman–Crippen MR) is 57.6 cm³/mol. The number of alkyl halides is 1. The lowest BCUT2D eigenvalue weighted by molar-refractivity contribution is 0.0956. The maximum absolute atomic E-state index is 12.5. The predicted octanol–water partition coefficient (Wildman–Crippen LogP) is 1.99. The molecule has 2 nitrogen and oxygen atoms in total. The fourth-order valence-electron chi connectivity index (χ4n) is 0.864. The lowest BCUT2D eigenvalue weighted by Gasteiger charge is -2.01. The van der Waals surface area contributed by atoms with Crippen LogP contribution < -0.4 is 5.32 Å². The summed E-state index contributed by atoms with van der Waals surface area (Å²) < 4.78 is 13.3. The van der Waals surface area contributed by atoms with E-state index < -0.39 is 0 Å². The highest BCUT2D eigenvalue weighted by molar-refractivity contribution is 14.1. The van der Waals surface area contributed by atoms with Crippen LogP contribution in [0.15, 0.2) is 24.3 Å². The molecule has 70 valence electrons. The average molecular weight is 293 g/mol. The number of hydrogen-bond acceptors (Lipinski definition) is 1. The van der Waals surface area contributed by atoms with Crippen LogP contribution in [0.1, 0.15) is 10.4 Å². The van der Waals surface area contributed by atoms with Crippen LogP contribution in [0.3, 0.4) is 0 Å². The highest BCUT2D eigenvalue weighted by Crippen LogP contribution is 2.02. The molecule has 0 aliphatic carbocycles. The van der Waals surface area contributed by atoms with Crippen LogP contribution >= 0.6 is 22.6 Å². The number of hydrogen-bond donors (Lipinski definition) is 1. The Kier molecular flexibility index (Phi) is 4.14. The van der Waals surface area contributed by atoms with Crippen molar-refractivity contribution in [2.45, 2.75) is 0 Å². The van der Waals surface area contributed by atoms with Crippen LogP contribution in [-0.4, -0.2) is 16.9 Å². The Labute approximate surface area is 89.7 Å². The minimum absolute atomic E-state index is 0.156. The summed E-state index contributed by atoms with van der Waals surface area (Å²) in [4.78, 5) is 11.3. The molecule has 1 rings (SSSR count). The molecule has 0 bridgehead atoms. The van der Waals surface area contributed by atoms with Crippen molar-refractivity contribution in [3.05, 3.63) is 35.6 Å². The van der Waals surface area contributed by atoms with Crippen LogP contribution in [0.25, 0.3) is 0 Å². The number of rotatable bonds is 3. The van der Waals surface area contributed by atoms with E-state index in [9.17, 15) is 9.18 Å². The van der Waals surface area contributed by atoms with Crippen molar-refractivity contribution in [3.63, 3.8) is 0 Å². The van der Waals surface area contributed by atoms with E-state index in [1.165, 1.54) is 24.3 Å². The molecule has 0 aliphatic rings. The molecule has 0 aliphatic heterocycles. The van der Waals surface area contributed by atoms with Gasteiger partial charge in [0.05, 0.1) is 0 Å². The molecule has 0 heterocycles. The molecule has 13 heavy (non-hydrogen) atoms. The first-order valence-electron chi connectivity index (χ1n) is 3.84. The molecule has 1 amide bonds. The van der Waals surface area contributed by atoms with E-state index in [0.717, 1.165) is 4.43 Å². The normalized spacial score (nSPS) is 9.69. The SMILES string of the molecule is O=C(NCCI)c1ccc(F)cc1. The van der Waals surface area contributed by atoms with Gasteiger partial charge in [-0.25, -0.2) is 4.39 Å². The molecule has 1 N–H and O–H groups in total. The summed E-state index contributed by atoms with van der Waals surface area (Å²) in [6, 6.07) is 5.49. The summed E-state index contributed by atoms with van der Waals surface area (Å²) in [6.07, 6.45) is 0. The second-order valence-electron chi connectivity index (χ2n) is 2.45. The van der Waals surface area contributed by atoms with Crippen molar-refractivity contribution in [1.29, 1.82) is 0 Å². The summed E-state index contributed by atoms with van der Waals surface area (Å²) in [6.45, 7) is 0.636. The van der Waals surface area contributed by atoms with Crippen LogP contribution in [0.4, 0.5) is 4.39 Å². The van der Waals surface area contributed by atoms with Crippen molar-refractivity contribution in [1.82, 2.24) is 5.32 Å². The van der Waals surface area contributed by atoms with Crippen molar-refractivity contribution in [2.75, 3.05) is 11.0 Å². The highest BCUT2D eigenvalue weighted by Gasteiger charge is 2.03. The Bertz CT molecular complexity index is 286. The van der Waals surface area contributed by atoms with Gasteiger partial charge < -0.3 is 5.32 Å². The van der Waals surface area contributed by atoms with E-state index in [1.54, 1.807) is 0 Å². The van der Waals surface area contributed by atoms with E-state index in [2.05, 4.69) is 27.9 Å². The van der Waals surface area contributed by atoms with Gasteiger partial charge in [-0.2, -0.15) is 0 Å². The Hall–Kier alpha value is -0.650. The Morgan fingerprint density at radius 3 is 2.54 bits per heavy atom. The van der Waals surface area contributed by atoms with Gasteiger partial charge in [-0.3, -0.25) is 4.79 Å². The molecular weight excluding hydrogens is 284 g/mol. The molecule has 1 aromatic rings. The number of carbonyl (C=O) groups is 1. The fraction of sp³-hybridized carbons (Fsp3) is 0.222. The Morgan fingerprint density at radius 1 is 1.38 bits per heavy atom. The molecule has 0 unspecified atom stereocenters. The van der Waals surface area contributed by atoms with Gasteiger partial charge in [0, 0.05) is 16.5 Å². The van der Waals surface area contributed by atoms with Gasteiger partial charge in [0.2, 0.25) is 0 Å². The van der Waals surface area contributed by atoms with Crippen molar-refractivity contribution >= 4 is 28.5 Å². The molecule has 4 heteroatoms. The number of amides is 1. The van der Waals surface area contributed by atoms with Crippen molar-refractivity contribution < 1.29 is 9.18 Å². The van der Waals surface area contributed by atoms with Crippen molar-refractivity contribution in [3.8, 4) is 0 Å². The van der Waals surface area contributed by atoms with Crippen LogP contribution in [0.2, 0.25) is 0 Å². The molecule has 0 saturated carbocycles. The Balaban J connectivity index is 2.61. The third kappa shape index (κ3) is 3.30. The minimum Gasteiger partial charge on any atom is -0.351 e. The summed E-state index contributed by atoms with van der Waals surface area (Å²) in [5.74, 6) is -0.484. The van der Waals surface area contributed by atoms with Gasteiger partial charge >= 0.3 is 0 Å². The molecular formula is C9H9FINO. The number of carbonyl (C=O) groups excluding carboxylic acids is 1. The van der Waals surface area contributed by atoms with Crippen LogP contribution in [-0.2, 0) is 0 Å². The molecule has 0 aromatic heterocycles. The topological polar surface area (TPSA) is 29.1 Å². The van der Waals surface area contributed by atoms with Crippen LogP contribution in [0, 0.1) is 5.82 Å². The second kappa shape index (κ2) is 5.16. The molecule has 1 aromatic carbocycles. The van der Waals surface area contributed by atoms with Gasteiger partial charge in [-0.15, -0.1) is 0 Å². The lowest BCUT2D eigenvalue weighted by atomic mass is 10.2. The maximum Gasteiger partial charge on any atom is 0.251 e. The monoisotopic (exact) mass is 293 g/mol. The van der Waals surface area contributed by atoms with E-state index in [-0.39, 0.29) is 11.7 Å². The maximum atomic E-state index is 12.5. The number of nitrogens with one attached hydrogen (secondary N) is 1. The zero-order valence-electron chi connectivity index (χ0n) is 6.89. The summed E-state index contributed by atoms with van der Waals surface area (Å²) >= 11 is 2.17. The fourth-order valence-corrected chi connectivity index (χ4v) is 1.13. The third-order valence-corrected chi connectivity index (χ3v) is 2.03. The third-order valence-electron chi connectivity index (χ3n) is 1.49. The van der Waals surface area contributed by atoms with Gasteiger partial charge in [0.15, 0.2) is 0 Å². The molecule has 0 radical (unpaired) electrons. The first kappa shape index (κ1) is 10.4. The summed E-state index contributed by atoms with van der Waals surface area (Å²) in [7, 11) is 0. The quantitative estimate of drug-likeness (QED) is 0.670. The van der Waals surface area contributed by atoms with Gasteiger partial charge in [-0.05, 0) is 24.3 Å². The zero-order chi connectivity index (χ0) is 9.68. The number of benzene rings is 1. The average Bonchev–Trinajstić information content (AvgIpc) is 2.15. The van der Waals surface area contributed by atoms with Crippen molar-refractivity contribution in [2.24, 2.45) is 0 Å². The van der Waals surface area contributed by atoms with E-state index in [4.69, 9.17) is 0 Å². The van der Waals surface area contributed by atoms with E-state index >= 15 is 0 Å². The molecule has 0 spiro atoms. The minimum atomic E-state index is -0.328. The largest absolute Gasteiger partial charge is 0.351 e. The van der Waals surface area contributed by atoms with Crippen LogP contribution in [0.5, 0.6) is 0 Å². The van der Waals surface area contributed by atoms with Gasteiger partial charge in [0.1, 0.15) is 5.82 Å². The zero-order valence-corrected chi connectivity index (χ0v) is 9.05. The van der Waals surface area contributed by atoms with E-state index in [1.807, 2.05) is 0 Å². The first-order valence-corrected chi connectivity index (χ1v) is 5.36. The van der Waals surface area contributed by atoms with E-state index in [0.29, 0.717) is 12.1 Å². The molecule has 0 saturated heterocycles.